The molecule has 0 spiro atoms. The van der Waals surface area contributed by atoms with Gasteiger partial charge in [-0.05, 0) is 19.4 Å². The molecule has 0 aliphatic rings. The molecule has 2 unspecified atom stereocenters. The van der Waals surface area contributed by atoms with Gasteiger partial charge in [0.05, 0.1) is 13.0 Å². The summed E-state index contributed by atoms with van der Waals surface area (Å²) in [6.45, 7) is 5.62. The Morgan fingerprint density at radius 1 is 1.04 bits per heavy atom. The third kappa shape index (κ3) is 6.08. The molecule has 0 saturated heterocycles. The van der Waals surface area contributed by atoms with Gasteiger partial charge >= 0.3 is 0 Å². The van der Waals surface area contributed by atoms with Crippen molar-refractivity contribution in [3.63, 3.8) is 0 Å². The van der Waals surface area contributed by atoms with Gasteiger partial charge in [-0.1, -0.05) is 60.7 Å². The standard InChI is InChI=1S/C20H25NO2.ClH/c1-3-23-20(18-12-8-5-9-13-18)16(2)21-15-14-19(22)17-10-6-4-7-11-17;/h4-13,16,20-21H,3,14-15H2,1-2H3;1H. The van der Waals surface area contributed by atoms with Gasteiger partial charge in [0.2, 0.25) is 0 Å². The van der Waals surface area contributed by atoms with E-state index in [1.54, 1.807) is 0 Å². The van der Waals surface area contributed by atoms with Crippen LogP contribution < -0.4 is 17.7 Å². The van der Waals surface area contributed by atoms with Crippen molar-refractivity contribution in [3.05, 3.63) is 71.8 Å². The summed E-state index contributed by atoms with van der Waals surface area (Å²) in [5, 5.41) is 2.20. The molecule has 0 aliphatic carbocycles. The first-order chi connectivity index (χ1) is 11.2. The van der Waals surface area contributed by atoms with Crippen LogP contribution >= 0.6 is 0 Å². The van der Waals surface area contributed by atoms with E-state index < -0.39 is 0 Å². The van der Waals surface area contributed by atoms with Gasteiger partial charge in [-0.3, -0.25) is 4.79 Å². The second-order valence-corrected chi connectivity index (χ2v) is 5.71. The van der Waals surface area contributed by atoms with E-state index in [4.69, 9.17) is 4.74 Å². The van der Waals surface area contributed by atoms with Gasteiger partial charge in [0.15, 0.2) is 5.78 Å². The fraction of sp³-hybridized carbons (Fsp3) is 0.350. The molecule has 130 valence electrons. The molecule has 2 aromatic carbocycles. The fourth-order valence-electron chi connectivity index (χ4n) is 2.74. The van der Waals surface area contributed by atoms with Gasteiger partial charge in [-0.25, -0.2) is 0 Å². The van der Waals surface area contributed by atoms with Crippen molar-refractivity contribution in [2.24, 2.45) is 0 Å². The maximum atomic E-state index is 12.1. The molecule has 2 aromatic rings. The predicted octanol–water partition coefficient (Wildman–Crippen LogP) is -0.00690. The smallest absolute Gasteiger partial charge is 0.168 e. The van der Waals surface area contributed by atoms with Crippen LogP contribution in [0.25, 0.3) is 0 Å². The number of hydrogen-bond acceptors (Lipinski definition) is 2. The van der Waals surface area contributed by atoms with Crippen LogP contribution in [-0.2, 0) is 4.74 Å². The molecule has 24 heavy (non-hydrogen) atoms. The first kappa shape index (κ1) is 20.4. The SMILES string of the molecule is CCOC(c1ccccc1)C(C)[NH2+]CCC(=O)c1ccccc1.[Cl-]. The van der Waals surface area contributed by atoms with Crippen molar-refractivity contribution >= 4 is 5.78 Å². The Morgan fingerprint density at radius 2 is 1.62 bits per heavy atom. The van der Waals surface area contributed by atoms with Gasteiger partial charge in [0.25, 0.3) is 0 Å². The van der Waals surface area contributed by atoms with E-state index >= 15 is 0 Å². The molecule has 0 fully saturated rings. The number of ketones is 1. The Labute approximate surface area is 150 Å². The second-order valence-electron chi connectivity index (χ2n) is 5.71. The van der Waals surface area contributed by atoms with E-state index in [1.807, 2.05) is 55.5 Å². The van der Waals surface area contributed by atoms with Crippen LogP contribution in [-0.4, -0.2) is 25.0 Å². The zero-order valence-corrected chi connectivity index (χ0v) is 15.1. The average Bonchev–Trinajstić information content (AvgIpc) is 2.61. The molecule has 0 radical (unpaired) electrons. The molecule has 2 N–H and O–H groups in total. The van der Waals surface area contributed by atoms with Crippen molar-refractivity contribution < 1.29 is 27.3 Å². The normalized spacial score (nSPS) is 12.9. The van der Waals surface area contributed by atoms with Crippen molar-refractivity contribution in [2.75, 3.05) is 13.2 Å². The summed E-state index contributed by atoms with van der Waals surface area (Å²) in [7, 11) is 0. The lowest BCUT2D eigenvalue weighted by atomic mass is 10.0. The topological polar surface area (TPSA) is 42.9 Å². The Hall–Kier alpha value is -1.68. The Morgan fingerprint density at radius 3 is 2.21 bits per heavy atom. The number of Topliss-reactive ketones (excluding diaryl/α,β-unsaturated/α-hetero) is 1. The van der Waals surface area contributed by atoms with Gasteiger partial charge in [-0.2, -0.15) is 0 Å². The number of halogens is 1. The number of carbonyl (C=O) groups is 1. The highest BCUT2D eigenvalue weighted by Crippen LogP contribution is 2.19. The van der Waals surface area contributed by atoms with E-state index in [-0.39, 0.29) is 30.3 Å². The highest BCUT2D eigenvalue weighted by atomic mass is 35.5. The van der Waals surface area contributed by atoms with Crippen molar-refractivity contribution in [1.29, 1.82) is 0 Å². The number of rotatable bonds is 9. The monoisotopic (exact) mass is 347 g/mol. The van der Waals surface area contributed by atoms with E-state index in [0.29, 0.717) is 13.0 Å². The van der Waals surface area contributed by atoms with Crippen LogP contribution in [0.5, 0.6) is 0 Å². The fourth-order valence-corrected chi connectivity index (χ4v) is 2.74. The highest BCUT2D eigenvalue weighted by molar-refractivity contribution is 5.95. The maximum Gasteiger partial charge on any atom is 0.168 e. The molecule has 0 bridgehead atoms. The number of hydrogen-bond donors (Lipinski definition) is 1. The quantitative estimate of drug-likeness (QED) is 0.649. The Bertz CT molecular complexity index is 589. The van der Waals surface area contributed by atoms with E-state index in [1.165, 1.54) is 5.56 Å². The molecular formula is C20H26ClNO2. The summed E-state index contributed by atoms with van der Waals surface area (Å²) in [5.74, 6) is 0.196. The lowest BCUT2D eigenvalue weighted by molar-refractivity contribution is -0.693. The lowest BCUT2D eigenvalue weighted by Gasteiger charge is -2.22. The predicted molar refractivity (Wildman–Crippen MR) is 92.5 cm³/mol. The van der Waals surface area contributed by atoms with Crippen LogP contribution in [0.2, 0.25) is 0 Å². The molecule has 0 saturated carbocycles. The van der Waals surface area contributed by atoms with Crippen LogP contribution in [0.1, 0.15) is 42.3 Å². The summed E-state index contributed by atoms with van der Waals surface area (Å²) in [6, 6.07) is 20.0. The molecule has 0 aromatic heterocycles. The third-order valence-corrected chi connectivity index (χ3v) is 3.96. The minimum absolute atomic E-state index is 0. The van der Waals surface area contributed by atoms with Crippen LogP contribution in [0.15, 0.2) is 60.7 Å². The van der Waals surface area contributed by atoms with E-state index in [2.05, 4.69) is 24.4 Å². The molecule has 2 atom stereocenters. The molecule has 3 nitrogen and oxygen atoms in total. The zero-order chi connectivity index (χ0) is 16.5. The minimum atomic E-state index is 0. The molecular weight excluding hydrogens is 322 g/mol. The zero-order valence-electron chi connectivity index (χ0n) is 14.3. The number of quaternary nitrogens is 1. The molecule has 2 rings (SSSR count). The van der Waals surface area contributed by atoms with Crippen LogP contribution in [0, 0.1) is 0 Å². The number of nitrogens with two attached hydrogens (primary N) is 1. The Kier molecular flexibility index (Phi) is 9.31. The van der Waals surface area contributed by atoms with Gasteiger partial charge in [0.1, 0.15) is 12.1 Å². The van der Waals surface area contributed by atoms with Crippen molar-refractivity contribution in [2.45, 2.75) is 32.4 Å². The molecule has 0 aliphatic heterocycles. The highest BCUT2D eigenvalue weighted by Gasteiger charge is 2.22. The van der Waals surface area contributed by atoms with Gasteiger partial charge < -0.3 is 22.5 Å². The lowest BCUT2D eigenvalue weighted by Crippen LogP contribution is -3.00. The minimum Gasteiger partial charge on any atom is -1.00 e. The van der Waals surface area contributed by atoms with Crippen LogP contribution in [0.3, 0.4) is 0 Å². The summed E-state index contributed by atoms with van der Waals surface area (Å²) in [6.07, 6.45) is 0.593. The molecule has 0 amide bonds. The van der Waals surface area contributed by atoms with Crippen molar-refractivity contribution in [1.82, 2.24) is 0 Å². The first-order valence-corrected chi connectivity index (χ1v) is 8.30. The maximum absolute atomic E-state index is 12.1. The summed E-state index contributed by atoms with van der Waals surface area (Å²) in [4.78, 5) is 12.1. The molecule has 4 heteroatoms. The second kappa shape index (κ2) is 11.0. The number of carbonyl (C=O) groups excluding carboxylic acids is 1. The van der Waals surface area contributed by atoms with E-state index in [0.717, 1.165) is 12.1 Å². The van der Waals surface area contributed by atoms with Gasteiger partial charge in [-0.15, -0.1) is 0 Å². The summed E-state index contributed by atoms with van der Waals surface area (Å²) >= 11 is 0. The summed E-state index contributed by atoms with van der Waals surface area (Å²) < 4.78 is 5.92. The average molecular weight is 348 g/mol. The molecule has 0 heterocycles. The third-order valence-electron chi connectivity index (χ3n) is 3.96. The van der Waals surface area contributed by atoms with Crippen molar-refractivity contribution in [3.8, 4) is 0 Å². The largest absolute Gasteiger partial charge is 1.00 e. The van der Waals surface area contributed by atoms with Gasteiger partial charge in [0, 0.05) is 12.2 Å². The van der Waals surface area contributed by atoms with Crippen LogP contribution in [0.4, 0.5) is 0 Å². The number of ether oxygens (including phenoxy) is 1. The van der Waals surface area contributed by atoms with E-state index in [9.17, 15) is 4.79 Å². The number of benzene rings is 2. The first-order valence-electron chi connectivity index (χ1n) is 8.30. The summed E-state index contributed by atoms with van der Waals surface area (Å²) in [5.41, 5.74) is 1.98. The Balaban J connectivity index is 0.00000288.